The minimum Gasteiger partial charge on any atom is -0.316 e. The van der Waals surface area contributed by atoms with Gasteiger partial charge in [0.2, 0.25) is 0 Å². The van der Waals surface area contributed by atoms with Crippen molar-refractivity contribution in [3.8, 4) is 0 Å². The van der Waals surface area contributed by atoms with E-state index in [1.54, 1.807) is 17.1 Å². The summed E-state index contributed by atoms with van der Waals surface area (Å²) in [6, 6.07) is 11.3. The molecule has 0 aromatic heterocycles. The first-order valence-corrected chi connectivity index (χ1v) is 9.12. The molecule has 2 aromatic carbocycles. The number of benzene rings is 2. The van der Waals surface area contributed by atoms with Gasteiger partial charge >= 0.3 is 25.2 Å². The van der Waals surface area contributed by atoms with E-state index in [1.807, 2.05) is 0 Å². The van der Waals surface area contributed by atoms with Crippen LogP contribution in [0.4, 0.5) is 42.1 Å². The van der Waals surface area contributed by atoms with Crippen LogP contribution in [0.15, 0.2) is 54.6 Å². The lowest BCUT2D eigenvalue weighted by Gasteiger charge is -2.35. The lowest BCUT2D eigenvalue weighted by molar-refractivity contribution is -0.332. The van der Waals surface area contributed by atoms with Crippen molar-refractivity contribution in [3.05, 3.63) is 60.2 Å². The van der Waals surface area contributed by atoms with Crippen molar-refractivity contribution < 1.29 is 35.3 Å². The Kier molecular flexibility index (Phi) is 5.52. The molecule has 0 unspecified atom stereocenters. The van der Waals surface area contributed by atoms with Gasteiger partial charge < -0.3 is 10.2 Å². The molecule has 0 aliphatic carbocycles. The zero-order chi connectivity index (χ0) is 20.5. The van der Waals surface area contributed by atoms with Crippen molar-refractivity contribution in [2.75, 3.05) is 10.2 Å². The molecule has 11 heteroatoms. The Labute approximate surface area is 150 Å². The molecule has 0 saturated heterocycles. The maximum absolute atomic E-state index is 14.3. The highest BCUT2D eigenvalue weighted by Gasteiger charge is 2.80. The summed E-state index contributed by atoms with van der Waals surface area (Å²) in [5.74, 6) is -6.55. The second-order valence-electron chi connectivity index (χ2n) is 5.68. The van der Waals surface area contributed by atoms with Crippen LogP contribution in [0.5, 0.6) is 0 Å². The summed E-state index contributed by atoms with van der Waals surface area (Å²) in [6.07, 6.45) is -6.61. The van der Waals surface area contributed by atoms with E-state index in [-0.39, 0.29) is 11.4 Å². The Morgan fingerprint density at radius 2 is 1.19 bits per heavy atom. The normalized spacial score (nSPS) is 15.1. The van der Waals surface area contributed by atoms with E-state index >= 15 is 0 Å². The first-order chi connectivity index (χ1) is 12.3. The van der Waals surface area contributed by atoms with Crippen LogP contribution >= 0.6 is 7.44 Å². The number of hydrogen-bond acceptors (Lipinski definition) is 1. The maximum atomic E-state index is 14.3. The van der Waals surface area contributed by atoms with E-state index < -0.39 is 25.2 Å². The lowest BCUT2D eigenvalue weighted by Crippen LogP contribution is -2.53. The molecule has 2 N–H and O–H groups in total. The highest BCUT2D eigenvalue weighted by Crippen LogP contribution is 2.67. The maximum Gasteiger partial charge on any atom is 0.460 e. The molecule has 148 valence electrons. The third-order valence-corrected chi connectivity index (χ3v) is 5.75. The van der Waals surface area contributed by atoms with Gasteiger partial charge in [-0.05, 0) is 31.2 Å². The standard InChI is InChI=1S/C16H14F7N2OP/c1-11-7-9-13(10-8-11)25-27(26,24-12-5-3-2-4-6-12)16(22,23)14(17,18)15(19,20)21/h2-10H,1H3,(H2,24,25,26)/t27-/m1/s1. The van der Waals surface area contributed by atoms with Crippen LogP contribution in [0, 0.1) is 6.92 Å². The molecule has 0 heterocycles. The molecule has 0 spiro atoms. The van der Waals surface area contributed by atoms with Gasteiger partial charge in [-0.1, -0.05) is 35.9 Å². The number of halogens is 7. The first kappa shape index (κ1) is 21.1. The fourth-order valence-electron chi connectivity index (χ4n) is 2.04. The zero-order valence-corrected chi connectivity index (χ0v) is 14.6. The summed E-state index contributed by atoms with van der Waals surface area (Å²) >= 11 is 0. The van der Waals surface area contributed by atoms with Gasteiger partial charge in [0.05, 0.1) is 0 Å². The van der Waals surface area contributed by atoms with Crippen LogP contribution in [0.3, 0.4) is 0 Å². The summed E-state index contributed by atoms with van der Waals surface area (Å²) < 4.78 is 106. The van der Waals surface area contributed by atoms with Crippen LogP contribution in [0.2, 0.25) is 0 Å². The zero-order valence-electron chi connectivity index (χ0n) is 13.7. The summed E-state index contributed by atoms with van der Waals surface area (Å²) in [5, 5.41) is 3.32. The Hall–Kier alpha value is -2.22. The van der Waals surface area contributed by atoms with Gasteiger partial charge in [0, 0.05) is 11.4 Å². The molecule has 27 heavy (non-hydrogen) atoms. The van der Waals surface area contributed by atoms with Gasteiger partial charge in [0.25, 0.3) is 0 Å². The van der Waals surface area contributed by atoms with E-state index in [2.05, 4.69) is 0 Å². The summed E-state index contributed by atoms with van der Waals surface area (Å²) in [7, 11) is -5.90. The van der Waals surface area contributed by atoms with Gasteiger partial charge in [-0.25, -0.2) is 0 Å². The number of para-hydroxylation sites is 1. The molecule has 3 nitrogen and oxygen atoms in total. The van der Waals surface area contributed by atoms with Crippen molar-refractivity contribution in [1.82, 2.24) is 0 Å². The SMILES string of the molecule is Cc1ccc(N[P@](=O)(Nc2ccccc2)C(F)(F)C(F)(F)C(F)(F)F)cc1. The molecule has 2 aromatic rings. The third kappa shape index (κ3) is 4.05. The van der Waals surface area contributed by atoms with Crippen molar-refractivity contribution in [3.63, 3.8) is 0 Å². The highest BCUT2D eigenvalue weighted by molar-refractivity contribution is 7.68. The van der Waals surface area contributed by atoms with Crippen molar-refractivity contribution in [2.45, 2.75) is 24.7 Å². The number of hydrogen-bond donors (Lipinski definition) is 2. The third-order valence-electron chi connectivity index (χ3n) is 3.53. The number of rotatable bonds is 6. The molecular formula is C16H14F7N2OP. The van der Waals surface area contributed by atoms with Gasteiger partial charge in [-0.2, -0.15) is 30.7 Å². The lowest BCUT2D eigenvalue weighted by atomic mass is 10.2. The largest absolute Gasteiger partial charge is 0.460 e. The molecule has 0 bridgehead atoms. The van der Waals surface area contributed by atoms with E-state index in [1.165, 1.54) is 30.3 Å². The molecule has 2 rings (SSSR count). The molecule has 1 atom stereocenters. The molecule has 0 amide bonds. The average molecular weight is 414 g/mol. The number of aryl methyl sites for hydroxylation is 1. The minimum absolute atomic E-state index is 0.315. The van der Waals surface area contributed by atoms with E-state index in [4.69, 9.17) is 0 Å². The fourth-order valence-corrected chi connectivity index (χ4v) is 3.93. The highest BCUT2D eigenvalue weighted by atomic mass is 31.2. The number of alkyl halides is 7. The monoisotopic (exact) mass is 414 g/mol. The van der Waals surface area contributed by atoms with Gasteiger partial charge in [0.15, 0.2) is 0 Å². The van der Waals surface area contributed by atoms with Crippen molar-refractivity contribution >= 4 is 18.8 Å². The second kappa shape index (κ2) is 7.07. The summed E-state index contributed by atoms with van der Waals surface area (Å²) in [6.45, 7) is 1.64. The molecule has 0 saturated carbocycles. The predicted octanol–water partition coefficient (Wildman–Crippen LogP) is 6.50. The molecule has 0 fully saturated rings. The number of nitrogens with one attached hydrogen (secondary N) is 2. The van der Waals surface area contributed by atoms with Crippen LogP contribution in [0.25, 0.3) is 0 Å². The van der Waals surface area contributed by atoms with E-state index in [9.17, 15) is 35.3 Å². The number of anilines is 2. The Morgan fingerprint density at radius 1 is 0.741 bits per heavy atom. The van der Waals surface area contributed by atoms with E-state index in [0.29, 0.717) is 5.56 Å². The van der Waals surface area contributed by atoms with E-state index in [0.717, 1.165) is 24.3 Å². The summed E-state index contributed by atoms with van der Waals surface area (Å²) in [5.41, 5.74) is -5.96. The van der Waals surface area contributed by atoms with Crippen LogP contribution < -0.4 is 10.2 Å². The quantitative estimate of drug-likeness (QED) is 0.419. The van der Waals surface area contributed by atoms with Crippen LogP contribution in [-0.2, 0) is 4.57 Å². The Balaban J connectivity index is 2.54. The van der Waals surface area contributed by atoms with Crippen LogP contribution in [0.1, 0.15) is 5.56 Å². The molecule has 0 radical (unpaired) electrons. The fraction of sp³-hybridized carbons (Fsp3) is 0.250. The molecular weight excluding hydrogens is 400 g/mol. The average Bonchev–Trinajstić information content (AvgIpc) is 2.56. The first-order valence-electron chi connectivity index (χ1n) is 7.41. The van der Waals surface area contributed by atoms with Gasteiger partial charge in [0.1, 0.15) is 0 Å². The molecule has 0 aliphatic heterocycles. The smallest absolute Gasteiger partial charge is 0.316 e. The van der Waals surface area contributed by atoms with Gasteiger partial charge in [-0.15, -0.1) is 0 Å². The Bertz CT molecular complexity index is 823. The van der Waals surface area contributed by atoms with Crippen molar-refractivity contribution in [2.24, 2.45) is 0 Å². The Morgan fingerprint density at radius 3 is 1.63 bits per heavy atom. The van der Waals surface area contributed by atoms with Gasteiger partial charge in [-0.3, -0.25) is 4.57 Å². The summed E-state index contributed by atoms with van der Waals surface area (Å²) in [4.78, 5) is 0. The second-order valence-corrected chi connectivity index (χ2v) is 7.91. The van der Waals surface area contributed by atoms with Crippen molar-refractivity contribution in [1.29, 1.82) is 0 Å². The minimum atomic E-state index is -6.61. The molecule has 0 aliphatic rings. The topological polar surface area (TPSA) is 41.1 Å². The predicted molar refractivity (Wildman–Crippen MR) is 88.4 cm³/mol. The van der Waals surface area contributed by atoms with Crippen LogP contribution in [-0.4, -0.2) is 17.8 Å².